The zero-order chi connectivity index (χ0) is 13.2. The molecule has 102 valence electrons. The zero-order valence-corrected chi connectivity index (χ0v) is 11.8. The fraction of sp³-hybridized carbons (Fsp3) is 0.600. The first-order chi connectivity index (χ1) is 9.26. The highest BCUT2D eigenvalue weighted by Gasteiger charge is 2.24. The lowest BCUT2D eigenvalue weighted by Gasteiger charge is -2.31. The van der Waals surface area contributed by atoms with Gasteiger partial charge in [-0.05, 0) is 43.4 Å². The van der Waals surface area contributed by atoms with E-state index < -0.39 is 0 Å². The van der Waals surface area contributed by atoms with Crippen LogP contribution in [-0.2, 0) is 0 Å². The molecule has 4 heteroatoms. The van der Waals surface area contributed by atoms with E-state index in [0.717, 1.165) is 17.5 Å². The van der Waals surface area contributed by atoms with E-state index in [1.54, 1.807) is 0 Å². The third-order valence-electron chi connectivity index (χ3n) is 4.24. The fourth-order valence-electron chi connectivity index (χ4n) is 3.10. The summed E-state index contributed by atoms with van der Waals surface area (Å²) in [6.07, 6.45) is 8.48. The highest BCUT2D eigenvalue weighted by Crippen LogP contribution is 2.28. The standard InChI is InChI=1S/C15H22N4/c1-3-12-6-4-5-7-13(12)16-15-17-14-10-11(2)8-9-19(14)18-15/h8-10,12-13H,3-7H2,1-2H3,(H,16,18). The molecule has 0 aliphatic heterocycles. The van der Waals surface area contributed by atoms with Crippen LogP contribution < -0.4 is 5.32 Å². The lowest BCUT2D eigenvalue weighted by molar-refractivity contribution is 0.316. The topological polar surface area (TPSA) is 42.2 Å². The van der Waals surface area contributed by atoms with Gasteiger partial charge in [0.05, 0.1) is 0 Å². The van der Waals surface area contributed by atoms with Crippen molar-refractivity contribution in [1.29, 1.82) is 0 Å². The molecule has 0 saturated heterocycles. The van der Waals surface area contributed by atoms with Crippen LogP contribution in [0.25, 0.3) is 5.65 Å². The normalized spacial score (nSPS) is 23.7. The molecule has 4 nitrogen and oxygen atoms in total. The van der Waals surface area contributed by atoms with Gasteiger partial charge in [0, 0.05) is 12.2 Å². The van der Waals surface area contributed by atoms with Gasteiger partial charge in [0.15, 0.2) is 5.65 Å². The Balaban J connectivity index is 1.80. The molecule has 2 atom stereocenters. The summed E-state index contributed by atoms with van der Waals surface area (Å²) in [7, 11) is 0. The van der Waals surface area contributed by atoms with E-state index in [9.17, 15) is 0 Å². The van der Waals surface area contributed by atoms with Gasteiger partial charge in [0.25, 0.3) is 0 Å². The van der Waals surface area contributed by atoms with Crippen molar-refractivity contribution in [2.75, 3.05) is 5.32 Å². The largest absolute Gasteiger partial charge is 0.350 e. The Hall–Kier alpha value is -1.58. The summed E-state index contributed by atoms with van der Waals surface area (Å²) in [4.78, 5) is 4.58. The molecule has 1 saturated carbocycles. The van der Waals surface area contributed by atoms with Crippen molar-refractivity contribution in [3.05, 3.63) is 23.9 Å². The number of aromatic nitrogens is 3. The second-order valence-electron chi connectivity index (χ2n) is 5.65. The van der Waals surface area contributed by atoms with Crippen LogP contribution >= 0.6 is 0 Å². The minimum absolute atomic E-state index is 0.539. The number of rotatable bonds is 3. The lowest BCUT2D eigenvalue weighted by Crippen LogP contribution is -2.32. The molecule has 0 bridgehead atoms. The number of nitrogens with zero attached hydrogens (tertiary/aromatic N) is 3. The van der Waals surface area contributed by atoms with Gasteiger partial charge in [-0.3, -0.25) is 0 Å². The Kier molecular flexibility index (Phi) is 3.40. The molecule has 0 radical (unpaired) electrons. The summed E-state index contributed by atoms with van der Waals surface area (Å²) >= 11 is 0. The molecule has 2 aromatic heterocycles. The van der Waals surface area contributed by atoms with Crippen LogP contribution in [0.1, 0.15) is 44.6 Å². The second-order valence-corrected chi connectivity index (χ2v) is 5.65. The first kappa shape index (κ1) is 12.5. The Morgan fingerprint density at radius 1 is 1.37 bits per heavy atom. The lowest BCUT2D eigenvalue weighted by atomic mass is 9.83. The van der Waals surface area contributed by atoms with Gasteiger partial charge in [-0.1, -0.05) is 26.2 Å². The molecule has 2 unspecified atom stereocenters. The maximum absolute atomic E-state index is 4.58. The van der Waals surface area contributed by atoms with Gasteiger partial charge < -0.3 is 5.32 Å². The number of anilines is 1. The maximum Gasteiger partial charge on any atom is 0.243 e. The van der Waals surface area contributed by atoms with Crippen molar-refractivity contribution in [3.8, 4) is 0 Å². The number of hydrogen-bond acceptors (Lipinski definition) is 3. The van der Waals surface area contributed by atoms with Crippen LogP contribution in [-0.4, -0.2) is 20.6 Å². The van der Waals surface area contributed by atoms with Crippen LogP contribution in [0, 0.1) is 12.8 Å². The number of fused-ring (bicyclic) bond motifs is 1. The van der Waals surface area contributed by atoms with E-state index in [1.807, 2.05) is 10.7 Å². The van der Waals surface area contributed by atoms with Crippen molar-refractivity contribution in [3.63, 3.8) is 0 Å². The minimum Gasteiger partial charge on any atom is -0.350 e. The third-order valence-corrected chi connectivity index (χ3v) is 4.24. The Bertz CT molecular complexity index is 560. The van der Waals surface area contributed by atoms with Crippen LogP contribution in [0.2, 0.25) is 0 Å². The van der Waals surface area contributed by atoms with Gasteiger partial charge >= 0.3 is 0 Å². The van der Waals surface area contributed by atoms with Crippen LogP contribution in [0.4, 0.5) is 5.95 Å². The number of pyridine rings is 1. The molecule has 1 aliphatic carbocycles. The molecule has 1 aliphatic rings. The highest BCUT2D eigenvalue weighted by atomic mass is 15.3. The molecule has 2 aromatic rings. The molecular formula is C15H22N4. The van der Waals surface area contributed by atoms with E-state index in [4.69, 9.17) is 0 Å². The molecule has 3 rings (SSSR count). The number of hydrogen-bond donors (Lipinski definition) is 1. The summed E-state index contributed by atoms with van der Waals surface area (Å²) in [5.74, 6) is 1.54. The van der Waals surface area contributed by atoms with Gasteiger partial charge in [-0.25, -0.2) is 4.52 Å². The van der Waals surface area contributed by atoms with E-state index in [1.165, 1.54) is 37.7 Å². The summed E-state index contributed by atoms with van der Waals surface area (Å²) in [5.41, 5.74) is 2.14. The molecule has 1 fully saturated rings. The van der Waals surface area contributed by atoms with E-state index >= 15 is 0 Å². The number of aryl methyl sites for hydroxylation is 1. The maximum atomic E-state index is 4.58. The van der Waals surface area contributed by atoms with Crippen molar-refractivity contribution >= 4 is 11.6 Å². The summed E-state index contributed by atoms with van der Waals surface area (Å²) < 4.78 is 1.85. The Morgan fingerprint density at radius 3 is 3.05 bits per heavy atom. The molecule has 0 spiro atoms. The SMILES string of the molecule is CCC1CCCCC1Nc1nc2cc(C)ccn2n1. The third kappa shape index (κ3) is 2.57. The fourth-order valence-corrected chi connectivity index (χ4v) is 3.10. The first-order valence-electron chi connectivity index (χ1n) is 7.36. The summed E-state index contributed by atoms with van der Waals surface area (Å²) in [6, 6.07) is 4.66. The zero-order valence-electron chi connectivity index (χ0n) is 11.8. The van der Waals surface area contributed by atoms with Gasteiger partial charge in [-0.15, -0.1) is 5.10 Å². The van der Waals surface area contributed by atoms with Crippen molar-refractivity contribution in [2.24, 2.45) is 5.92 Å². The Labute approximate surface area is 114 Å². The predicted molar refractivity (Wildman–Crippen MR) is 77.4 cm³/mol. The molecule has 2 heterocycles. The molecule has 0 amide bonds. The van der Waals surface area contributed by atoms with E-state index in [2.05, 4.69) is 41.4 Å². The Morgan fingerprint density at radius 2 is 2.21 bits per heavy atom. The van der Waals surface area contributed by atoms with Crippen LogP contribution in [0.15, 0.2) is 18.3 Å². The van der Waals surface area contributed by atoms with Crippen molar-refractivity contribution < 1.29 is 0 Å². The predicted octanol–water partition coefficient (Wildman–Crippen LogP) is 3.42. The monoisotopic (exact) mass is 258 g/mol. The van der Waals surface area contributed by atoms with Crippen LogP contribution in [0.5, 0.6) is 0 Å². The number of nitrogens with one attached hydrogen (secondary N) is 1. The van der Waals surface area contributed by atoms with Crippen LogP contribution in [0.3, 0.4) is 0 Å². The van der Waals surface area contributed by atoms with E-state index in [-0.39, 0.29) is 0 Å². The first-order valence-corrected chi connectivity index (χ1v) is 7.36. The smallest absolute Gasteiger partial charge is 0.243 e. The van der Waals surface area contributed by atoms with Crippen molar-refractivity contribution in [1.82, 2.24) is 14.6 Å². The average molecular weight is 258 g/mol. The van der Waals surface area contributed by atoms with Gasteiger partial charge in [0.1, 0.15) is 0 Å². The minimum atomic E-state index is 0.539. The summed E-state index contributed by atoms with van der Waals surface area (Å²) in [5, 5.41) is 8.06. The quantitative estimate of drug-likeness (QED) is 0.917. The molecule has 1 N–H and O–H groups in total. The molecular weight excluding hydrogens is 236 g/mol. The highest BCUT2D eigenvalue weighted by molar-refractivity contribution is 5.45. The summed E-state index contributed by atoms with van der Waals surface area (Å²) in [6.45, 7) is 4.36. The molecule has 19 heavy (non-hydrogen) atoms. The van der Waals surface area contributed by atoms with Gasteiger partial charge in [-0.2, -0.15) is 4.98 Å². The van der Waals surface area contributed by atoms with Gasteiger partial charge in [0.2, 0.25) is 5.95 Å². The van der Waals surface area contributed by atoms with E-state index in [0.29, 0.717) is 6.04 Å². The average Bonchev–Trinajstić information content (AvgIpc) is 2.80. The second kappa shape index (κ2) is 5.19. The molecule has 0 aromatic carbocycles. The van der Waals surface area contributed by atoms with Crippen molar-refractivity contribution in [2.45, 2.75) is 52.0 Å².